The zero-order valence-corrected chi connectivity index (χ0v) is 16.5. The molecule has 4 amide bonds. The molecule has 0 saturated carbocycles. The minimum atomic E-state index is -1.18. The van der Waals surface area contributed by atoms with Gasteiger partial charge in [0.25, 0.3) is 5.91 Å². The third-order valence-corrected chi connectivity index (χ3v) is 5.21. The number of imide groups is 1. The third kappa shape index (κ3) is 3.87. The van der Waals surface area contributed by atoms with Gasteiger partial charge >= 0.3 is 6.03 Å². The fourth-order valence-electron chi connectivity index (χ4n) is 3.25. The summed E-state index contributed by atoms with van der Waals surface area (Å²) in [5.41, 5.74) is 1.53. The van der Waals surface area contributed by atoms with E-state index in [0.29, 0.717) is 23.6 Å². The van der Waals surface area contributed by atoms with Crippen molar-refractivity contribution in [3.8, 4) is 0 Å². The van der Waals surface area contributed by atoms with Crippen LogP contribution in [0.3, 0.4) is 0 Å². The summed E-state index contributed by atoms with van der Waals surface area (Å²) in [4.78, 5) is 38.7. The summed E-state index contributed by atoms with van der Waals surface area (Å²) in [6.45, 7) is 3.80. The Balaban J connectivity index is 1.69. The van der Waals surface area contributed by atoms with Gasteiger partial charge in [-0.25, -0.2) is 4.79 Å². The van der Waals surface area contributed by atoms with Crippen LogP contribution < -0.4 is 10.6 Å². The summed E-state index contributed by atoms with van der Waals surface area (Å²) >= 11 is 5.93. The highest BCUT2D eigenvalue weighted by molar-refractivity contribution is 6.30. The highest BCUT2D eigenvalue weighted by Gasteiger charge is 2.51. The van der Waals surface area contributed by atoms with Crippen LogP contribution in [-0.4, -0.2) is 29.3 Å². The molecule has 2 aromatic rings. The summed E-state index contributed by atoms with van der Waals surface area (Å²) < 4.78 is 0. The molecule has 146 valence electrons. The number of benzene rings is 2. The van der Waals surface area contributed by atoms with Crippen molar-refractivity contribution in [2.75, 3.05) is 6.54 Å². The molecular formula is C21H22ClN3O3. The molecule has 7 heteroatoms. The fraction of sp³-hybridized carbons (Fsp3) is 0.286. The van der Waals surface area contributed by atoms with Crippen LogP contribution in [0.1, 0.15) is 30.0 Å². The number of urea groups is 1. The molecule has 0 unspecified atom stereocenters. The van der Waals surface area contributed by atoms with Gasteiger partial charge < -0.3 is 10.6 Å². The maximum absolute atomic E-state index is 13.0. The topological polar surface area (TPSA) is 78.5 Å². The SMILES string of the molecule is CC[C@]1(c2ccc(Cl)cc2)NC(=O)N(CC(=O)NCc2ccc(C)cc2)C1=O. The molecule has 1 fully saturated rings. The van der Waals surface area contributed by atoms with Crippen LogP contribution in [0.5, 0.6) is 0 Å². The first kappa shape index (κ1) is 19.9. The maximum atomic E-state index is 13.0. The lowest BCUT2D eigenvalue weighted by Crippen LogP contribution is -2.44. The van der Waals surface area contributed by atoms with Gasteiger partial charge in [-0.15, -0.1) is 0 Å². The van der Waals surface area contributed by atoms with Crippen LogP contribution in [0.15, 0.2) is 48.5 Å². The van der Waals surface area contributed by atoms with Crippen molar-refractivity contribution in [1.29, 1.82) is 0 Å². The normalized spacial score (nSPS) is 18.9. The van der Waals surface area contributed by atoms with Crippen molar-refractivity contribution in [2.24, 2.45) is 0 Å². The zero-order chi connectivity index (χ0) is 20.3. The molecule has 1 aliphatic rings. The van der Waals surface area contributed by atoms with Crippen LogP contribution >= 0.6 is 11.6 Å². The van der Waals surface area contributed by atoms with Gasteiger partial charge in [-0.1, -0.05) is 60.5 Å². The lowest BCUT2D eigenvalue weighted by Gasteiger charge is -2.25. The van der Waals surface area contributed by atoms with E-state index < -0.39 is 23.4 Å². The molecule has 1 heterocycles. The Morgan fingerprint density at radius 2 is 1.75 bits per heavy atom. The minimum Gasteiger partial charge on any atom is -0.350 e. The van der Waals surface area contributed by atoms with E-state index in [0.717, 1.165) is 16.0 Å². The van der Waals surface area contributed by atoms with Gasteiger partial charge in [-0.2, -0.15) is 0 Å². The van der Waals surface area contributed by atoms with Gasteiger partial charge in [-0.3, -0.25) is 14.5 Å². The first-order chi connectivity index (χ1) is 13.4. The number of hydrogen-bond acceptors (Lipinski definition) is 3. The number of halogens is 1. The van der Waals surface area contributed by atoms with Gasteiger partial charge in [0.2, 0.25) is 5.91 Å². The van der Waals surface area contributed by atoms with E-state index in [4.69, 9.17) is 11.6 Å². The van der Waals surface area contributed by atoms with E-state index in [-0.39, 0.29) is 6.54 Å². The Kier molecular flexibility index (Phi) is 5.70. The van der Waals surface area contributed by atoms with E-state index in [9.17, 15) is 14.4 Å². The van der Waals surface area contributed by atoms with Crippen LogP contribution in [-0.2, 0) is 21.7 Å². The zero-order valence-electron chi connectivity index (χ0n) is 15.8. The predicted molar refractivity (Wildman–Crippen MR) is 107 cm³/mol. The number of carbonyl (C=O) groups is 3. The number of hydrogen-bond donors (Lipinski definition) is 2. The number of nitrogens with one attached hydrogen (secondary N) is 2. The maximum Gasteiger partial charge on any atom is 0.325 e. The summed E-state index contributed by atoms with van der Waals surface area (Å²) in [6, 6.07) is 14.0. The Labute approximate surface area is 168 Å². The van der Waals surface area contributed by atoms with Crippen molar-refractivity contribution in [2.45, 2.75) is 32.4 Å². The lowest BCUT2D eigenvalue weighted by molar-refractivity contribution is -0.135. The van der Waals surface area contributed by atoms with E-state index >= 15 is 0 Å². The second-order valence-electron chi connectivity index (χ2n) is 6.85. The quantitative estimate of drug-likeness (QED) is 0.732. The smallest absolute Gasteiger partial charge is 0.325 e. The number of nitrogens with zero attached hydrogens (tertiary/aromatic N) is 1. The van der Waals surface area contributed by atoms with Gasteiger partial charge in [-0.05, 0) is 36.6 Å². The highest BCUT2D eigenvalue weighted by Crippen LogP contribution is 2.32. The van der Waals surface area contributed by atoms with E-state index in [1.54, 1.807) is 24.3 Å². The molecule has 0 aliphatic carbocycles. The van der Waals surface area contributed by atoms with E-state index in [1.165, 1.54) is 0 Å². The molecule has 1 saturated heterocycles. The molecule has 2 N–H and O–H groups in total. The summed E-state index contributed by atoms with van der Waals surface area (Å²) in [5, 5.41) is 6.04. The predicted octanol–water partition coefficient (Wildman–Crippen LogP) is 3.12. The van der Waals surface area contributed by atoms with Crippen LogP contribution in [0.2, 0.25) is 5.02 Å². The summed E-state index contributed by atoms with van der Waals surface area (Å²) in [6.07, 6.45) is 0.362. The number of rotatable bonds is 6. The number of amides is 4. The summed E-state index contributed by atoms with van der Waals surface area (Å²) in [5.74, 6) is -0.833. The monoisotopic (exact) mass is 399 g/mol. The Morgan fingerprint density at radius 1 is 1.11 bits per heavy atom. The van der Waals surface area contributed by atoms with Crippen molar-refractivity contribution in [1.82, 2.24) is 15.5 Å². The first-order valence-corrected chi connectivity index (χ1v) is 9.46. The number of aryl methyl sites for hydroxylation is 1. The standard InChI is InChI=1S/C21H22ClN3O3/c1-3-21(16-8-10-17(22)11-9-16)19(27)25(20(28)24-21)13-18(26)23-12-15-6-4-14(2)5-7-15/h4-11H,3,12-13H2,1-2H3,(H,23,26)(H,24,28)/t21-/m1/s1. The molecule has 0 bridgehead atoms. The fourth-order valence-corrected chi connectivity index (χ4v) is 3.38. The van der Waals surface area contributed by atoms with Crippen molar-refractivity contribution >= 4 is 29.4 Å². The highest BCUT2D eigenvalue weighted by atomic mass is 35.5. The van der Waals surface area contributed by atoms with Gasteiger partial charge in [0.1, 0.15) is 12.1 Å². The van der Waals surface area contributed by atoms with E-state index in [1.807, 2.05) is 38.1 Å². The second-order valence-corrected chi connectivity index (χ2v) is 7.29. The molecule has 28 heavy (non-hydrogen) atoms. The molecule has 2 aromatic carbocycles. The number of carbonyl (C=O) groups excluding carboxylic acids is 3. The minimum absolute atomic E-state index is 0.328. The first-order valence-electron chi connectivity index (χ1n) is 9.08. The third-order valence-electron chi connectivity index (χ3n) is 4.96. The van der Waals surface area contributed by atoms with Crippen molar-refractivity contribution in [3.63, 3.8) is 0 Å². The van der Waals surface area contributed by atoms with Gasteiger partial charge in [0.05, 0.1) is 0 Å². The molecule has 1 aliphatic heterocycles. The van der Waals surface area contributed by atoms with Crippen LogP contribution in [0, 0.1) is 6.92 Å². The average Bonchev–Trinajstić information content (AvgIpc) is 2.93. The molecule has 0 radical (unpaired) electrons. The molecule has 1 atom stereocenters. The molecule has 0 spiro atoms. The van der Waals surface area contributed by atoms with E-state index in [2.05, 4.69) is 10.6 Å². The molecular weight excluding hydrogens is 378 g/mol. The Bertz CT molecular complexity index is 896. The average molecular weight is 400 g/mol. The Morgan fingerprint density at radius 3 is 2.36 bits per heavy atom. The van der Waals surface area contributed by atoms with Crippen molar-refractivity contribution in [3.05, 3.63) is 70.2 Å². The lowest BCUT2D eigenvalue weighted by atomic mass is 9.87. The molecule has 0 aromatic heterocycles. The van der Waals surface area contributed by atoms with Crippen LogP contribution in [0.4, 0.5) is 4.79 Å². The van der Waals surface area contributed by atoms with Gasteiger partial charge in [0, 0.05) is 11.6 Å². The molecule has 6 nitrogen and oxygen atoms in total. The second kappa shape index (κ2) is 8.02. The Hall–Kier alpha value is -2.86. The molecule has 3 rings (SSSR count). The summed E-state index contributed by atoms with van der Waals surface area (Å²) in [7, 11) is 0. The largest absolute Gasteiger partial charge is 0.350 e. The van der Waals surface area contributed by atoms with Crippen molar-refractivity contribution < 1.29 is 14.4 Å². The van der Waals surface area contributed by atoms with Crippen LogP contribution in [0.25, 0.3) is 0 Å². The van der Waals surface area contributed by atoms with Gasteiger partial charge in [0.15, 0.2) is 0 Å².